The van der Waals surface area contributed by atoms with Crippen LogP contribution in [0, 0.1) is 12.3 Å². The smallest absolute Gasteiger partial charge is 0.338 e. The first-order chi connectivity index (χ1) is 8.79. The van der Waals surface area contributed by atoms with E-state index in [9.17, 15) is 18.0 Å². The summed E-state index contributed by atoms with van der Waals surface area (Å²) < 4.78 is 38.0. The Morgan fingerprint density at radius 2 is 2.16 bits per heavy atom. The van der Waals surface area contributed by atoms with Gasteiger partial charge in [-0.25, -0.2) is 0 Å². The first-order valence-electron chi connectivity index (χ1n) is 5.43. The van der Waals surface area contributed by atoms with Gasteiger partial charge < -0.3 is 5.32 Å². The highest BCUT2D eigenvalue weighted by Crippen LogP contribution is 2.31. The molecule has 1 N–H and O–H groups in total. The van der Waals surface area contributed by atoms with E-state index < -0.39 is 23.7 Å². The van der Waals surface area contributed by atoms with E-state index in [4.69, 9.17) is 6.42 Å². The van der Waals surface area contributed by atoms with E-state index in [1.165, 1.54) is 6.07 Å². The van der Waals surface area contributed by atoms with Gasteiger partial charge in [-0.2, -0.15) is 13.2 Å². The first kappa shape index (κ1) is 15.6. The molecule has 102 valence electrons. The summed E-state index contributed by atoms with van der Waals surface area (Å²) in [5.41, 5.74) is -0.974. The van der Waals surface area contributed by atoms with Gasteiger partial charge in [0.2, 0.25) is 0 Å². The maximum Gasteiger partial charge on any atom is 0.416 e. The number of carbonyl (C=O) groups is 1. The van der Waals surface area contributed by atoms with Crippen LogP contribution < -0.4 is 5.32 Å². The van der Waals surface area contributed by atoms with Crippen LogP contribution >= 0.6 is 15.9 Å². The molecule has 0 heterocycles. The van der Waals surface area contributed by atoms with Crippen molar-refractivity contribution in [1.82, 2.24) is 5.32 Å². The van der Waals surface area contributed by atoms with E-state index in [0.29, 0.717) is 6.42 Å². The average Bonchev–Trinajstić information content (AvgIpc) is 2.34. The van der Waals surface area contributed by atoms with Gasteiger partial charge in [0.1, 0.15) is 0 Å². The number of terminal acetylenes is 1. The maximum absolute atomic E-state index is 12.6. The number of alkyl halides is 3. The standard InChI is InChI=1S/C13H11BrF3NO/c1-3-9(4-2)18-12(19)10-7-8(13(15,16)17)5-6-11(10)14/h1,5-7,9H,4H2,2H3,(H,18,19). The summed E-state index contributed by atoms with van der Waals surface area (Å²) in [6.45, 7) is 1.77. The van der Waals surface area contributed by atoms with Crippen LogP contribution in [0.25, 0.3) is 0 Å². The zero-order chi connectivity index (χ0) is 14.6. The van der Waals surface area contributed by atoms with Gasteiger partial charge in [0, 0.05) is 4.47 Å². The van der Waals surface area contributed by atoms with Crippen LogP contribution in [-0.4, -0.2) is 11.9 Å². The summed E-state index contributed by atoms with van der Waals surface area (Å²) >= 11 is 3.05. The number of nitrogens with one attached hydrogen (secondary N) is 1. The first-order valence-corrected chi connectivity index (χ1v) is 6.22. The summed E-state index contributed by atoms with van der Waals surface area (Å²) in [7, 11) is 0. The monoisotopic (exact) mass is 333 g/mol. The van der Waals surface area contributed by atoms with Gasteiger partial charge in [0.25, 0.3) is 5.91 Å². The molecule has 0 aliphatic rings. The number of hydrogen-bond donors (Lipinski definition) is 1. The molecule has 0 spiro atoms. The number of rotatable bonds is 3. The summed E-state index contributed by atoms with van der Waals surface area (Å²) in [6.07, 6.45) is 1.20. The second-order valence-corrected chi connectivity index (χ2v) is 4.65. The molecule has 1 amide bonds. The molecule has 6 heteroatoms. The van der Waals surface area contributed by atoms with E-state index in [2.05, 4.69) is 27.2 Å². The third-order valence-corrected chi connectivity index (χ3v) is 3.14. The number of carbonyl (C=O) groups excluding carboxylic acids is 1. The Hall–Kier alpha value is -1.48. The van der Waals surface area contributed by atoms with Crippen LogP contribution in [0.4, 0.5) is 13.2 Å². The van der Waals surface area contributed by atoms with Crippen molar-refractivity contribution in [3.05, 3.63) is 33.8 Å². The Balaban J connectivity index is 3.06. The quantitative estimate of drug-likeness (QED) is 0.841. The van der Waals surface area contributed by atoms with E-state index >= 15 is 0 Å². The lowest BCUT2D eigenvalue weighted by Crippen LogP contribution is -2.33. The van der Waals surface area contributed by atoms with Crippen molar-refractivity contribution >= 4 is 21.8 Å². The molecule has 0 aliphatic carbocycles. The van der Waals surface area contributed by atoms with Gasteiger partial charge in [-0.3, -0.25) is 4.79 Å². The molecule has 2 nitrogen and oxygen atoms in total. The fourth-order valence-corrected chi connectivity index (χ4v) is 1.80. The van der Waals surface area contributed by atoms with Crippen molar-refractivity contribution in [3.8, 4) is 12.3 Å². The Labute approximate surface area is 117 Å². The molecule has 0 fully saturated rings. The van der Waals surface area contributed by atoms with E-state index in [1.54, 1.807) is 6.92 Å². The predicted octanol–water partition coefficient (Wildman–Crippen LogP) is 3.61. The Kier molecular flexibility index (Phi) is 5.01. The third kappa shape index (κ3) is 4.00. The summed E-state index contributed by atoms with van der Waals surface area (Å²) in [5, 5.41) is 2.48. The van der Waals surface area contributed by atoms with Crippen LogP contribution in [0.2, 0.25) is 0 Å². The summed E-state index contributed by atoms with van der Waals surface area (Å²) in [5.74, 6) is 1.71. The Morgan fingerprint density at radius 1 is 1.53 bits per heavy atom. The van der Waals surface area contributed by atoms with Crippen LogP contribution in [0.3, 0.4) is 0 Å². The SMILES string of the molecule is C#CC(CC)NC(=O)c1cc(C(F)(F)F)ccc1Br. The minimum Gasteiger partial charge on any atom is -0.338 e. The lowest BCUT2D eigenvalue weighted by Gasteiger charge is -2.13. The maximum atomic E-state index is 12.6. The molecule has 1 rings (SSSR count). The van der Waals surface area contributed by atoms with Crippen molar-refractivity contribution in [2.45, 2.75) is 25.6 Å². The van der Waals surface area contributed by atoms with E-state index in [1.807, 2.05) is 0 Å². The van der Waals surface area contributed by atoms with Gasteiger partial charge in [0.15, 0.2) is 0 Å². The molecule has 0 bridgehead atoms. The second kappa shape index (κ2) is 6.11. The summed E-state index contributed by atoms with van der Waals surface area (Å²) in [6, 6.07) is 2.38. The molecule has 0 saturated heterocycles. The second-order valence-electron chi connectivity index (χ2n) is 3.79. The Bertz CT molecular complexity index is 520. The van der Waals surface area contributed by atoms with Gasteiger partial charge in [-0.15, -0.1) is 6.42 Å². The molecule has 0 aromatic heterocycles. The molecule has 1 unspecified atom stereocenters. The zero-order valence-electron chi connectivity index (χ0n) is 10.0. The lowest BCUT2D eigenvalue weighted by atomic mass is 10.1. The molecule has 1 aromatic carbocycles. The van der Waals surface area contributed by atoms with Gasteiger partial charge in [-0.05, 0) is 40.5 Å². The molecule has 0 aliphatic heterocycles. The fourth-order valence-electron chi connectivity index (χ4n) is 1.37. The molecular formula is C13H11BrF3NO. The van der Waals surface area contributed by atoms with Gasteiger partial charge in [-0.1, -0.05) is 12.8 Å². The number of hydrogen-bond acceptors (Lipinski definition) is 1. The van der Waals surface area contributed by atoms with Crippen molar-refractivity contribution in [3.63, 3.8) is 0 Å². The van der Waals surface area contributed by atoms with Crippen LogP contribution in [0.1, 0.15) is 29.3 Å². The van der Waals surface area contributed by atoms with Crippen molar-refractivity contribution < 1.29 is 18.0 Å². The fraction of sp³-hybridized carbons (Fsp3) is 0.308. The van der Waals surface area contributed by atoms with Gasteiger partial charge >= 0.3 is 6.18 Å². The normalized spacial score (nSPS) is 12.6. The molecule has 19 heavy (non-hydrogen) atoms. The topological polar surface area (TPSA) is 29.1 Å². The van der Waals surface area contributed by atoms with Gasteiger partial charge in [0.05, 0.1) is 17.2 Å². The number of halogens is 4. The third-order valence-electron chi connectivity index (χ3n) is 2.45. The lowest BCUT2D eigenvalue weighted by molar-refractivity contribution is -0.137. The summed E-state index contributed by atoms with van der Waals surface area (Å²) in [4.78, 5) is 11.9. The highest BCUT2D eigenvalue weighted by molar-refractivity contribution is 9.10. The minimum absolute atomic E-state index is 0.0940. The van der Waals surface area contributed by atoms with Crippen LogP contribution in [0.15, 0.2) is 22.7 Å². The molecule has 0 saturated carbocycles. The molecule has 0 radical (unpaired) electrons. The van der Waals surface area contributed by atoms with Crippen molar-refractivity contribution in [2.24, 2.45) is 0 Å². The van der Waals surface area contributed by atoms with Crippen molar-refractivity contribution in [1.29, 1.82) is 0 Å². The number of amides is 1. The molecule has 1 aromatic rings. The average molecular weight is 334 g/mol. The Morgan fingerprint density at radius 3 is 2.63 bits per heavy atom. The van der Waals surface area contributed by atoms with Crippen LogP contribution in [-0.2, 0) is 6.18 Å². The van der Waals surface area contributed by atoms with E-state index in [0.717, 1.165) is 12.1 Å². The largest absolute Gasteiger partial charge is 0.416 e. The molecular weight excluding hydrogens is 323 g/mol. The molecule has 1 atom stereocenters. The highest BCUT2D eigenvalue weighted by atomic mass is 79.9. The number of benzene rings is 1. The van der Waals surface area contributed by atoms with E-state index in [-0.39, 0.29) is 10.0 Å². The zero-order valence-corrected chi connectivity index (χ0v) is 11.6. The van der Waals surface area contributed by atoms with Crippen molar-refractivity contribution in [2.75, 3.05) is 0 Å². The highest BCUT2D eigenvalue weighted by Gasteiger charge is 2.31. The minimum atomic E-state index is -4.49. The van der Waals surface area contributed by atoms with Crippen LogP contribution in [0.5, 0.6) is 0 Å². The predicted molar refractivity (Wildman–Crippen MR) is 69.5 cm³/mol.